The standard InChI is InChI=1S/C21H21ClN2O2/c1-13(25)24-11-10-14-6-9-18(12-19(14)24)23-21(26)20(15-2-3-15)16-4-7-17(22)8-5-16/h4-9,12,15,20H,2-3,10-11H2,1H3,(H,23,26). The molecule has 2 amide bonds. The molecule has 0 radical (unpaired) electrons. The van der Waals surface area contributed by atoms with Crippen LogP contribution >= 0.6 is 11.6 Å². The van der Waals surface area contributed by atoms with Crippen molar-refractivity contribution in [2.75, 3.05) is 16.8 Å². The Labute approximate surface area is 158 Å². The quantitative estimate of drug-likeness (QED) is 0.870. The molecule has 26 heavy (non-hydrogen) atoms. The lowest BCUT2D eigenvalue weighted by Crippen LogP contribution is -2.26. The Bertz CT molecular complexity index is 859. The molecule has 1 unspecified atom stereocenters. The molecule has 2 aliphatic rings. The first-order valence-electron chi connectivity index (χ1n) is 9.00. The van der Waals surface area contributed by atoms with Gasteiger partial charge in [0.05, 0.1) is 5.92 Å². The molecule has 4 nitrogen and oxygen atoms in total. The fraction of sp³-hybridized carbons (Fsp3) is 0.333. The summed E-state index contributed by atoms with van der Waals surface area (Å²) in [6.07, 6.45) is 3.00. The first kappa shape index (κ1) is 17.1. The van der Waals surface area contributed by atoms with Crippen molar-refractivity contribution in [2.24, 2.45) is 5.92 Å². The van der Waals surface area contributed by atoms with E-state index in [-0.39, 0.29) is 17.7 Å². The average molecular weight is 369 g/mol. The third-order valence-electron chi connectivity index (χ3n) is 5.23. The van der Waals surface area contributed by atoms with Crippen LogP contribution in [0.15, 0.2) is 42.5 Å². The van der Waals surface area contributed by atoms with E-state index in [1.807, 2.05) is 42.5 Å². The lowest BCUT2D eigenvalue weighted by atomic mass is 9.93. The molecule has 4 rings (SSSR count). The fourth-order valence-corrected chi connectivity index (χ4v) is 3.87. The maximum atomic E-state index is 13.0. The number of benzene rings is 2. The van der Waals surface area contributed by atoms with Crippen LogP contribution in [0.1, 0.15) is 36.8 Å². The summed E-state index contributed by atoms with van der Waals surface area (Å²) in [7, 11) is 0. The Balaban J connectivity index is 1.56. The van der Waals surface area contributed by atoms with Gasteiger partial charge in [0, 0.05) is 29.9 Å². The van der Waals surface area contributed by atoms with Gasteiger partial charge in [0.1, 0.15) is 0 Å². The molecule has 1 saturated carbocycles. The number of hydrogen-bond acceptors (Lipinski definition) is 2. The van der Waals surface area contributed by atoms with Crippen molar-refractivity contribution in [2.45, 2.75) is 32.1 Å². The predicted octanol–water partition coefficient (Wildman–Crippen LogP) is 4.38. The smallest absolute Gasteiger partial charge is 0.232 e. The second-order valence-electron chi connectivity index (χ2n) is 7.12. The van der Waals surface area contributed by atoms with Gasteiger partial charge in [-0.15, -0.1) is 0 Å². The first-order valence-corrected chi connectivity index (χ1v) is 9.38. The van der Waals surface area contributed by atoms with Crippen LogP contribution in [0.25, 0.3) is 0 Å². The Kier molecular flexibility index (Phi) is 4.45. The zero-order valence-electron chi connectivity index (χ0n) is 14.7. The SMILES string of the molecule is CC(=O)N1CCc2ccc(NC(=O)C(c3ccc(Cl)cc3)C3CC3)cc21. The van der Waals surface area contributed by atoms with Gasteiger partial charge in [-0.3, -0.25) is 9.59 Å². The second kappa shape index (κ2) is 6.76. The number of rotatable bonds is 4. The largest absolute Gasteiger partial charge is 0.325 e. The van der Waals surface area contributed by atoms with E-state index in [9.17, 15) is 9.59 Å². The molecule has 1 heterocycles. The summed E-state index contributed by atoms with van der Waals surface area (Å²) >= 11 is 5.98. The highest BCUT2D eigenvalue weighted by atomic mass is 35.5. The summed E-state index contributed by atoms with van der Waals surface area (Å²) in [5.74, 6) is 0.259. The van der Waals surface area contributed by atoms with Crippen molar-refractivity contribution in [3.63, 3.8) is 0 Å². The Morgan fingerprint density at radius 3 is 2.54 bits per heavy atom. The van der Waals surface area contributed by atoms with E-state index in [0.717, 1.165) is 41.8 Å². The minimum absolute atomic E-state index is 0.00199. The molecule has 1 aliphatic carbocycles. The highest BCUT2D eigenvalue weighted by Crippen LogP contribution is 2.43. The summed E-state index contributed by atoms with van der Waals surface area (Å²) in [6.45, 7) is 2.28. The van der Waals surface area contributed by atoms with Crippen molar-refractivity contribution in [3.05, 3.63) is 58.6 Å². The zero-order chi connectivity index (χ0) is 18.3. The molecule has 1 atom stereocenters. The number of hydrogen-bond donors (Lipinski definition) is 1. The van der Waals surface area contributed by atoms with Gasteiger partial charge in [-0.1, -0.05) is 29.8 Å². The highest BCUT2D eigenvalue weighted by Gasteiger charge is 2.37. The number of carbonyl (C=O) groups is 2. The molecule has 0 bridgehead atoms. The van der Waals surface area contributed by atoms with E-state index in [1.54, 1.807) is 11.8 Å². The predicted molar refractivity (Wildman–Crippen MR) is 104 cm³/mol. The molecule has 1 N–H and O–H groups in total. The number of halogens is 1. The molecule has 2 aromatic carbocycles. The average Bonchev–Trinajstić information content (AvgIpc) is 3.34. The van der Waals surface area contributed by atoms with Crippen LogP contribution in [-0.2, 0) is 16.0 Å². The lowest BCUT2D eigenvalue weighted by molar-refractivity contribution is -0.118. The normalized spacial score (nSPS) is 16.9. The second-order valence-corrected chi connectivity index (χ2v) is 7.56. The molecule has 0 aromatic heterocycles. The van der Waals surface area contributed by atoms with Crippen LogP contribution in [0.4, 0.5) is 11.4 Å². The lowest BCUT2D eigenvalue weighted by Gasteiger charge is -2.19. The summed E-state index contributed by atoms with van der Waals surface area (Å²) < 4.78 is 0. The van der Waals surface area contributed by atoms with Crippen molar-refractivity contribution in [3.8, 4) is 0 Å². The molecular formula is C21H21ClN2O2. The topological polar surface area (TPSA) is 49.4 Å². The van der Waals surface area contributed by atoms with Gasteiger partial charge >= 0.3 is 0 Å². The van der Waals surface area contributed by atoms with Crippen LogP contribution in [0.2, 0.25) is 5.02 Å². The van der Waals surface area contributed by atoms with E-state index < -0.39 is 0 Å². The minimum Gasteiger partial charge on any atom is -0.325 e. The van der Waals surface area contributed by atoms with Crippen LogP contribution in [0.3, 0.4) is 0 Å². The summed E-state index contributed by atoms with van der Waals surface area (Å²) in [4.78, 5) is 26.5. The number of nitrogens with zero attached hydrogens (tertiary/aromatic N) is 1. The number of amides is 2. The summed E-state index contributed by atoms with van der Waals surface area (Å²) in [5.41, 5.74) is 3.79. The monoisotopic (exact) mass is 368 g/mol. The van der Waals surface area contributed by atoms with Gasteiger partial charge in [-0.25, -0.2) is 0 Å². The van der Waals surface area contributed by atoms with Crippen molar-refractivity contribution < 1.29 is 9.59 Å². The molecule has 0 saturated heterocycles. The van der Waals surface area contributed by atoms with E-state index >= 15 is 0 Å². The van der Waals surface area contributed by atoms with Gasteiger partial charge in [0.15, 0.2) is 0 Å². The van der Waals surface area contributed by atoms with Crippen LogP contribution < -0.4 is 10.2 Å². The van der Waals surface area contributed by atoms with Crippen molar-refractivity contribution in [1.29, 1.82) is 0 Å². The van der Waals surface area contributed by atoms with E-state index in [1.165, 1.54) is 0 Å². The van der Waals surface area contributed by atoms with Gasteiger partial charge < -0.3 is 10.2 Å². The van der Waals surface area contributed by atoms with Gasteiger partial charge in [-0.2, -0.15) is 0 Å². The highest BCUT2D eigenvalue weighted by molar-refractivity contribution is 6.30. The van der Waals surface area contributed by atoms with E-state index in [2.05, 4.69) is 5.32 Å². The van der Waals surface area contributed by atoms with Crippen molar-refractivity contribution >= 4 is 34.8 Å². The van der Waals surface area contributed by atoms with Gasteiger partial charge in [0.25, 0.3) is 0 Å². The Morgan fingerprint density at radius 1 is 1.15 bits per heavy atom. The minimum atomic E-state index is -0.163. The summed E-state index contributed by atoms with van der Waals surface area (Å²) in [5, 5.41) is 3.73. The number of anilines is 2. The maximum Gasteiger partial charge on any atom is 0.232 e. The Morgan fingerprint density at radius 2 is 1.88 bits per heavy atom. The molecule has 1 aliphatic heterocycles. The third kappa shape index (κ3) is 3.34. The zero-order valence-corrected chi connectivity index (χ0v) is 15.4. The van der Waals surface area contributed by atoms with E-state index in [0.29, 0.717) is 17.5 Å². The van der Waals surface area contributed by atoms with Gasteiger partial charge in [-0.05, 0) is 60.6 Å². The molecule has 134 valence electrons. The molecule has 2 aromatic rings. The number of nitrogens with one attached hydrogen (secondary N) is 1. The van der Waals surface area contributed by atoms with Crippen LogP contribution in [0, 0.1) is 5.92 Å². The van der Waals surface area contributed by atoms with Crippen molar-refractivity contribution in [1.82, 2.24) is 0 Å². The first-order chi connectivity index (χ1) is 12.5. The molecular weight excluding hydrogens is 348 g/mol. The molecule has 1 fully saturated rings. The molecule has 0 spiro atoms. The van der Waals surface area contributed by atoms with E-state index in [4.69, 9.17) is 11.6 Å². The molecule has 5 heteroatoms. The maximum absolute atomic E-state index is 13.0. The summed E-state index contributed by atoms with van der Waals surface area (Å²) in [6, 6.07) is 13.4. The fourth-order valence-electron chi connectivity index (χ4n) is 3.74. The van der Waals surface area contributed by atoms with Crippen LogP contribution in [-0.4, -0.2) is 18.4 Å². The third-order valence-corrected chi connectivity index (χ3v) is 5.49. The number of carbonyl (C=O) groups excluding carboxylic acids is 2. The number of fused-ring (bicyclic) bond motifs is 1. The van der Waals surface area contributed by atoms with Gasteiger partial charge in [0.2, 0.25) is 11.8 Å². The van der Waals surface area contributed by atoms with Crippen LogP contribution in [0.5, 0.6) is 0 Å². The Hall–Kier alpha value is -2.33.